The summed E-state index contributed by atoms with van der Waals surface area (Å²) in [6.07, 6.45) is 1.53. The van der Waals surface area contributed by atoms with E-state index in [0.29, 0.717) is 25.0 Å². The Bertz CT molecular complexity index is 744. The van der Waals surface area contributed by atoms with Gasteiger partial charge in [0.05, 0.1) is 11.5 Å². The van der Waals surface area contributed by atoms with Crippen molar-refractivity contribution < 1.29 is 22.7 Å². The Balaban J connectivity index is 1.52. The zero-order chi connectivity index (χ0) is 16.4. The van der Waals surface area contributed by atoms with E-state index in [1.54, 1.807) is 12.1 Å². The zero-order valence-electron chi connectivity index (χ0n) is 12.5. The van der Waals surface area contributed by atoms with Crippen LogP contribution < -0.4 is 15.4 Å². The van der Waals surface area contributed by atoms with Crippen LogP contribution >= 0.6 is 0 Å². The molecule has 8 heteroatoms. The van der Waals surface area contributed by atoms with Gasteiger partial charge in [-0.05, 0) is 36.6 Å². The quantitative estimate of drug-likeness (QED) is 0.820. The highest BCUT2D eigenvalue weighted by atomic mass is 32.2. The third-order valence-corrected chi connectivity index (χ3v) is 5.71. The molecule has 1 unspecified atom stereocenters. The maximum absolute atomic E-state index is 11.8. The number of ether oxygens (including phenoxy) is 1. The van der Waals surface area contributed by atoms with Crippen LogP contribution in [-0.4, -0.2) is 44.4 Å². The lowest BCUT2D eigenvalue weighted by Crippen LogP contribution is -2.38. The van der Waals surface area contributed by atoms with Gasteiger partial charge in [-0.2, -0.15) is 0 Å². The molecule has 1 fully saturated rings. The molecule has 1 saturated heterocycles. The Morgan fingerprint density at radius 2 is 2.17 bits per heavy atom. The Kier molecular flexibility index (Phi) is 4.25. The van der Waals surface area contributed by atoms with Crippen LogP contribution in [0.5, 0.6) is 5.75 Å². The van der Waals surface area contributed by atoms with E-state index < -0.39 is 9.84 Å². The standard InChI is InChI=1S/C15H18N2O5S/c18-14-4-1-10-7-12(2-3-13(10)17-14)22-8-15(19)16-11-5-6-23(20,21)9-11/h2-3,7,11H,1,4-6,8-9H2,(H,16,19)(H,17,18). The fourth-order valence-corrected chi connectivity index (χ4v) is 4.45. The monoisotopic (exact) mass is 338 g/mol. The number of nitrogens with one attached hydrogen (secondary N) is 2. The summed E-state index contributed by atoms with van der Waals surface area (Å²) in [7, 11) is -3.01. The summed E-state index contributed by atoms with van der Waals surface area (Å²) in [5.41, 5.74) is 1.75. The van der Waals surface area contributed by atoms with Crippen LogP contribution in [0.25, 0.3) is 0 Å². The van der Waals surface area contributed by atoms with E-state index in [2.05, 4.69) is 10.6 Å². The lowest BCUT2D eigenvalue weighted by Gasteiger charge is -2.18. The van der Waals surface area contributed by atoms with Gasteiger partial charge in [-0.25, -0.2) is 8.42 Å². The molecule has 7 nitrogen and oxygen atoms in total. The Morgan fingerprint density at radius 1 is 1.35 bits per heavy atom. The predicted octanol–water partition coefficient (Wildman–Crippen LogP) is 0.253. The van der Waals surface area contributed by atoms with Gasteiger partial charge in [0, 0.05) is 18.2 Å². The van der Waals surface area contributed by atoms with Gasteiger partial charge >= 0.3 is 0 Å². The van der Waals surface area contributed by atoms with Crippen molar-refractivity contribution in [2.24, 2.45) is 0 Å². The molecule has 1 atom stereocenters. The van der Waals surface area contributed by atoms with Gasteiger partial charge in [-0.3, -0.25) is 9.59 Å². The summed E-state index contributed by atoms with van der Waals surface area (Å²) >= 11 is 0. The Morgan fingerprint density at radius 3 is 2.91 bits per heavy atom. The first kappa shape index (κ1) is 15.8. The van der Waals surface area contributed by atoms with Gasteiger partial charge < -0.3 is 15.4 Å². The number of hydrogen-bond donors (Lipinski definition) is 2. The highest BCUT2D eigenvalue weighted by molar-refractivity contribution is 7.91. The molecule has 124 valence electrons. The van der Waals surface area contributed by atoms with E-state index in [4.69, 9.17) is 4.74 Å². The molecule has 0 spiro atoms. The number of hydrogen-bond acceptors (Lipinski definition) is 5. The minimum Gasteiger partial charge on any atom is -0.484 e. The molecule has 1 aromatic rings. The number of aryl methyl sites for hydroxylation is 1. The molecule has 2 heterocycles. The second kappa shape index (κ2) is 6.19. The van der Waals surface area contributed by atoms with Crippen LogP contribution in [0.4, 0.5) is 5.69 Å². The number of anilines is 1. The van der Waals surface area contributed by atoms with E-state index in [-0.39, 0.29) is 36.0 Å². The lowest BCUT2D eigenvalue weighted by atomic mass is 10.0. The molecule has 0 bridgehead atoms. The first-order chi connectivity index (χ1) is 10.9. The van der Waals surface area contributed by atoms with Crippen molar-refractivity contribution in [2.75, 3.05) is 23.4 Å². The Hall–Kier alpha value is -2.09. The maximum Gasteiger partial charge on any atom is 0.258 e. The molecule has 0 saturated carbocycles. The number of carbonyl (C=O) groups is 2. The largest absolute Gasteiger partial charge is 0.484 e. The molecule has 0 aliphatic carbocycles. The minimum atomic E-state index is -3.01. The highest BCUT2D eigenvalue weighted by Crippen LogP contribution is 2.26. The molecule has 2 aliphatic heterocycles. The first-order valence-corrected chi connectivity index (χ1v) is 9.29. The first-order valence-electron chi connectivity index (χ1n) is 7.47. The highest BCUT2D eigenvalue weighted by Gasteiger charge is 2.28. The molecular weight excluding hydrogens is 320 g/mol. The number of amides is 2. The van der Waals surface area contributed by atoms with Gasteiger partial charge in [-0.15, -0.1) is 0 Å². The van der Waals surface area contributed by atoms with Crippen molar-refractivity contribution in [3.8, 4) is 5.75 Å². The van der Waals surface area contributed by atoms with Gasteiger partial charge in [0.25, 0.3) is 5.91 Å². The SMILES string of the molecule is O=C1CCc2cc(OCC(=O)NC3CCS(=O)(=O)C3)ccc2N1. The van der Waals surface area contributed by atoms with E-state index in [0.717, 1.165) is 11.3 Å². The van der Waals surface area contributed by atoms with Crippen molar-refractivity contribution in [3.63, 3.8) is 0 Å². The average Bonchev–Trinajstić information content (AvgIpc) is 2.84. The Labute approximate surface area is 134 Å². The summed E-state index contributed by atoms with van der Waals surface area (Å²) in [6, 6.07) is 4.93. The molecule has 0 radical (unpaired) electrons. The third-order valence-electron chi connectivity index (χ3n) is 3.94. The summed E-state index contributed by atoms with van der Waals surface area (Å²) in [6.45, 7) is -0.165. The van der Waals surface area contributed by atoms with Gasteiger partial charge in [0.2, 0.25) is 5.91 Å². The second-order valence-electron chi connectivity index (χ2n) is 5.82. The number of carbonyl (C=O) groups excluding carboxylic acids is 2. The summed E-state index contributed by atoms with van der Waals surface area (Å²) < 4.78 is 28.1. The zero-order valence-corrected chi connectivity index (χ0v) is 13.3. The van der Waals surface area contributed by atoms with Crippen molar-refractivity contribution in [3.05, 3.63) is 23.8 Å². The average molecular weight is 338 g/mol. The molecule has 2 N–H and O–H groups in total. The van der Waals surface area contributed by atoms with Crippen LogP contribution in [0.15, 0.2) is 18.2 Å². The molecule has 1 aromatic carbocycles. The molecule has 2 aliphatic rings. The number of rotatable bonds is 4. The van der Waals surface area contributed by atoms with Gasteiger partial charge in [0.1, 0.15) is 5.75 Å². The van der Waals surface area contributed by atoms with Gasteiger partial charge in [0.15, 0.2) is 16.4 Å². The van der Waals surface area contributed by atoms with Crippen LogP contribution in [0.3, 0.4) is 0 Å². The fraction of sp³-hybridized carbons (Fsp3) is 0.467. The third kappa shape index (κ3) is 4.01. The van der Waals surface area contributed by atoms with Crippen LogP contribution in [0, 0.1) is 0 Å². The smallest absolute Gasteiger partial charge is 0.258 e. The number of sulfone groups is 1. The van der Waals surface area contributed by atoms with Crippen molar-refractivity contribution >= 4 is 27.3 Å². The molecule has 23 heavy (non-hydrogen) atoms. The second-order valence-corrected chi connectivity index (χ2v) is 8.05. The summed E-state index contributed by atoms with van der Waals surface area (Å²) in [4.78, 5) is 23.1. The van der Waals surface area contributed by atoms with E-state index in [1.807, 2.05) is 6.07 Å². The minimum absolute atomic E-state index is 0.00270. The summed E-state index contributed by atoms with van der Waals surface area (Å²) in [5, 5.41) is 5.45. The number of benzene rings is 1. The van der Waals surface area contributed by atoms with Crippen molar-refractivity contribution in [1.82, 2.24) is 5.32 Å². The van der Waals surface area contributed by atoms with E-state index in [9.17, 15) is 18.0 Å². The fourth-order valence-electron chi connectivity index (χ4n) is 2.78. The van der Waals surface area contributed by atoms with E-state index >= 15 is 0 Å². The summed E-state index contributed by atoms with van der Waals surface area (Å²) in [5.74, 6) is 0.330. The molecule has 2 amide bonds. The van der Waals surface area contributed by atoms with Crippen molar-refractivity contribution in [1.29, 1.82) is 0 Å². The van der Waals surface area contributed by atoms with E-state index in [1.165, 1.54) is 0 Å². The van der Waals surface area contributed by atoms with Crippen LogP contribution in [0.1, 0.15) is 18.4 Å². The maximum atomic E-state index is 11.8. The topological polar surface area (TPSA) is 102 Å². The normalized spacial score (nSPS) is 22.1. The van der Waals surface area contributed by atoms with Crippen LogP contribution in [0.2, 0.25) is 0 Å². The predicted molar refractivity (Wildman–Crippen MR) is 84.1 cm³/mol. The van der Waals surface area contributed by atoms with Crippen LogP contribution in [-0.2, 0) is 25.8 Å². The molecular formula is C15H18N2O5S. The molecule has 0 aromatic heterocycles. The van der Waals surface area contributed by atoms with Gasteiger partial charge in [-0.1, -0.05) is 0 Å². The lowest BCUT2D eigenvalue weighted by molar-refractivity contribution is -0.123. The number of fused-ring (bicyclic) bond motifs is 1. The van der Waals surface area contributed by atoms with Crippen molar-refractivity contribution in [2.45, 2.75) is 25.3 Å². The molecule has 3 rings (SSSR count).